The van der Waals surface area contributed by atoms with Crippen molar-refractivity contribution < 1.29 is 13.6 Å². The lowest BCUT2D eigenvalue weighted by Gasteiger charge is -2.12. The fourth-order valence-corrected chi connectivity index (χ4v) is 4.03. The van der Waals surface area contributed by atoms with Gasteiger partial charge in [0.15, 0.2) is 0 Å². The Morgan fingerprint density at radius 2 is 1.79 bits per heavy atom. The maximum atomic E-state index is 13.4. The summed E-state index contributed by atoms with van der Waals surface area (Å²) in [4.78, 5) is 27.0. The first-order chi connectivity index (χ1) is 13.9. The number of aryl methyl sites for hydroxylation is 1. The highest BCUT2D eigenvalue weighted by Crippen LogP contribution is 2.31. The molecule has 0 aliphatic heterocycles. The first-order valence-electron chi connectivity index (χ1n) is 8.74. The second kappa shape index (κ2) is 7.56. The van der Waals surface area contributed by atoms with Gasteiger partial charge in [-0.3, -0.25) is 9.59 Å². The molecule has 0 atom stereocenters. The number of rotatable bonds is 4. The van der Waals surface area contributed by atoms with E-state index in [4.69, 9.17) is 0 Å². The molecule has 4 aromatic rings. The van der Waals surface area contributed by atoms with E-state index >= 15 is 0 Å². The topological polar surface area (TPSA) is 64.0 Å². The van der Waals surface area contributed by atoms with E-state index < -0.39 is 23.1 Å². The molecule has 2 aromatic carbocycles. The van der Waals surface area contributed by atoms with Gasteiger partial charge in [-0.25, -0.2) is 14.2 Å². The predicted molar refractivity (Wildman–Crippen MR) is 108 cm³/mol. The van der Waals surface area contributed by atoms with Crippen molar-refractivity contribution >= 4 is 28.0 Å². The molecule has 0 aliphatic carbocycles. The van der Waals surface area contributed by atoms with Gasteiger partial charge >= 0.3 is 0 Å². The molecule has 2 aromatic heterocycles. The van der Waals surface area contributed by atoms with Crippen LogP contribution in [0.1, 0.15) is 11.1 Å². The molecule has 0 fully saturated rings. The number of amides is 1. The summed E-state index contributed by atoms with van der Waals surface area (Å²) < 4.78 is 26.7. The third-order valence-electron chi connectivity index (χ3n) is 4.40. The molecular formula is C21H15F2N3O2S. The number of benzene rings is 2. The van der Waals surface area contributed by atoms with Crippen molar-refractivity contribution in [1.29, 1.82) is 0 Å². The fourth-order valence-electron chi connectivity index (χ4n) is 3.10. The Hall–Kier alpha value is -3.39. The number of carbonyl (C=O) groups is 1. The molecule has 0 radical (unpaired) electrons. The third-order valence-corrected chi connectivity index (χ3v) is 5.42. The highest BCUT2D eigenvalue weighted by atomic mass is 32.1. The van der Waals surface area contributed by atoms with Gasteiger partial charge in [0.25, 0.3) is 5.56 Å². The van der Waals surface area contributed by atoms with E-state index in [1.165, 1.54) is 11.3 Å². The van der Waals surface area contributed by atoms with E-state index in [9.17, 15) is 18.4 Å². The van der Waals surface area contributed by atoms with Crippen LogP contribution in [0.25, 0.3) is 21.3 Å². The number of nitrogens with zero attached hydrogens (tertiary/aromatic N) is 2. The number of hydrogen-bond donors (Lipinski definition) is 1. The number of thiophene rings is 1. The summed E-state index contributed by atoms with van der Waals surface area (Å²) in [6.45, 7) is 1.94. The Morgan fingerprint density at radius 3 is 2.45 bits per heavy atom. The van der Waals surface area contributed by atoms with Crippen molar-refractivity contribution in [3.05, 3.63) is 87.0 Å². The minimum Gasteiger partial charge on any atom is -0.273 e. The summed E-state index contributed by atoms with van der Waals surface area (Å²) in [6, 6.07) is 11.8. The van der Waals surface area contributed by atoms with Gasteiger partial charge in [0.2, 0.25) is 5.91 Å². The first-order valence-corrected chi connectivity index (χ1v) is 9.62. The lowest BCUT2D eigenvalue weighted by atomic mass is 10.1. The van der Waals surface area contributed by atoms with E-state index in [-0.39, 0.29) is 12.0 Å². The summed E-state index contributed by atoms with van der Waals surface area (Å²) in [5.74, 6) is -2.16. The molecule has 0 bridgehead atoms. The normalized spacial score (nSPS) is 11.0. The lowest BCUT2D eigenvalue weighted by Crippen LogP contribution is -2.36. The van der Waals surface area contributed by atoms with Crippen LogP contribution in [0.2, 0.25) is 0 Å². The van der Waals surface area contributed by atoms with Crippen molar-refractivity contribution in [3.8, 4) is 10.6 Å². The molecule has 1 amide bonds. The number of aromatic nitrogens is 2. The van der Waals surface area contributed by atoms with E-state index in [0.717, 1.165) is 33.4 Å². The third kappa shape index (κ3) is 3.79. The van der Waals surface area contributed by atoms with Crippen molar-refractivity contribution in [2.24, 2.45) is 0 Å². The number of hydrogen-bond acceptors (Lipinski definition) is 4. The van der Waals surface area contributed by atoms with Gasteiger partial charge < -0.3 is 0 Å². The molecule has 1 N–H and O–H groups in total. The molecular weight excluding hydrogens is 396 g/mol. The molecule has 8 heteroatoms. The zero-order chi connectivity index (χ0) is 20.5. The van der Waals surface area contributed by atoms with Crippen LogP contribution < -0.4 is 11.0 Å². The minimum absolute atomic E-state index is 0.156. The highest BCUT2D eigenvalue weighted by Gasteiger charge is 2.16. The van der Waals surface area contributed by atoms with E-state index in [1.807, 2.05) is 24.4 Å². The second-order valence-electron chi connectivity index (χ2n) is 6.53. The van der Waals surface area contributed by atoms with Crippen LogP contribution in [0, 0.1) is 18.6 Å². The predicted octanol–water partition coefficient (Wildman–Crippen LogP) is 4.02. The van der Waals surface area contributed by atoms with Gasteiger partial charge in [0, 0.05) is 11.5 Å². The molecule has 2 heterocycles. The lowest BCUT2D eigenvalue weighted by molar-refractivity contribution is -0.116. The molecule has 0 spiro atoms. The Bertz CT molecular complexity index is 1280. The van der Waals surface area contributed by atoms with Crippen molar-refractivity contribution in [2.75, 3.05) is 5.43 Å². The van der Waals surface area contributed by atoms with Gasteiger partial charge in [-0.1, -0.05) is 18.2 Å². The van der Waals surface area contributed by atoms with Crippen molar-refractivity contribution in [2.45, 2.75) is 13.3 Å². The van der Waals surface area contributed by atoms with Gasteiger partial charge in [-0.05, 0) is 47.7 Å². The molecule has 0 saturated heterocycles. The SMILES string of the molecule is Cc1ccsc1-c1nn(NC(=O)Cc2cc(F)cc(F)c2)c(=O)c2ccccc12. The standard InChI is InChI=1S/C21H15F2N3O2S/c1-12-6-7-29-20(12)19-16-4-2-3-5-17(16)21(28)26(25-19)24-18(27)10-13-8-14(22)11-15(23)9-13/h2-9,11H,10H2,1H3,(H,24,27). The molecule has 4 rings (SSSR count). The fraction of sp³-hybridized carbons (Fsp3) is 0.0952. The summed E-state index contributed by atoms with van der Waals surface area (Å²) in [5, 5.41) is 7.37. The van der Waals surface area contributed by atoms with E-state index in [1.54, 1.807) is 18.2 Å². The monoisotopic (exact) mass is 411 g/mol. The summed E-state index contributed by atoms with van der Waals surface area (Å²) >= 11 is 1.48. The van der Waals surface area contributed by atoms with Gasteiger partial charge in [-0.15, -0.1) is 21.2 Å². The van der Waals surface area contributed by atoms with Crippen molar-refractivity contribution in [1.82, 2.24) is 9.89 Å². The van der Waals surface area contributed by atoms with Gasteiger partial charge in [-0.2, -0.15) is 0 Å². The summed E-state index contributed by atoms with van der Waals surface area (Å²) in [7, 11) is 0. The molecule has 29 heavy (non-hydrogen) atoms. The Morgan fingerprint density at radius 1 is 1.10 bits per heavy atom. The van der Waals surface area contributed by atoms with Crippen LogP contribution in [-0.4, -0.2) is 15.8 Å². The maximum Gasteiger partial charge on any atom is 0.294 e. The molecule has 146 valence electrons. The van der Waals surface area contributed by atoms with E-state index in [0.29, 0.717) is 16.5 Å². The number of nitrogens with one attached hydrogen (secondary N) is 1. The number of carbonyl (C=O) groups excluding carboxylic acids is 1. The van der Waals surface area contributed by atoms with Crippen LogP contribution in [-0.2, 0) is 11.2 Å². The second-order valence-corrected chi connectivity index (χ2v) is 7.45. The van der Waals surface area contributed by atoms with Crippen LogP contribution in [0.3, 0.4) is 0 Å². The van der Waals surface area contributed by atoms with Crippen LogP contribution in [0.4, 0.5) is 8.78 Å². The molecule has 0 saturated carbocycles. The largest absolute Gasteiger partial charge is 0.294 e. The molecule has 0 aliphatic rings. The maximum absolute atomic E-state index is 13.4. The van der Waals surface area contributed by atoms with Gasteiger partial charge in [0.1, 0.15) is 17.3 Å². The number of halogens is 2. The average molecular weight is 411 g/mol. The number of fused-ring (bicyclic) bond motifs is 1. The Balaban J connectivity index is 1.74. The summed E-state index contributed by atoms with van der Waals surface area (Å²) in [6.07, 6.45) is -0.303. The van der Waals surface area contributed by atoms with Gasteiger partial charge in [0.05, 0.1) is 16.7 Å². The highest BCUT2D eigenvalue weighted by molar-refractivity contribution is 7.13. The average Bonchev–Trinajstić information content (AvgIpc) is 3.09. The minimum atomic E-state index is -0.774. The Kier molecular flexibility index (Phi) is 4.94. The zero-order valence-electron chi connectivity index (χ0n) is 15.3. The zero-order valence-corrected chi connectivity index (χ0v) is 16.1. The quantitative estimate of drug-likeness (QED) is 0.552. The van der Waals surface area contributed by atoms with Crippen LogP contribution in [0.15, 0.2) is 58.7 Å². The molecule has 5 nitrogen and oxygen atoms in total. The van der Waals surface area contributed by atoms with Crippen LogP contribution in [0.5, 0.6) is 0 Å². The van der Waals surface area contributed by atoms with Crippen molar-refractivity contribution in [3.63, 3.8) is 0 Å². The van der Waals surface area contributed by atoms with Crippen LogP contribution >= 0.6 is 11.3 Å². The Labute approximate surface area is 168 Å². The smallest absolute Gasteiger partial charge is 0.273 e. The van der Waals surface area contributed by atoms with E-state index in [2.05, 4.69) is 10.5 Å². The summed E-state index contributed by atoms with van der Waals surface area (Å²) in [5.41, 5.74) is 3.67. The first kappa shape index (κ1) is 18.9. The molecule has 0 unspecified atom stereocenters.